The summed E-state index contributed by atoms with van der Waals surface area (Å²) >= 11 is 2.95. The summed E-state index contributed by atoms with van der Waals surface area (Å²) < 4.78 is 28.9. The Morgan fingerprint density at radius 3 is 2.67 bits per heavy atom. The Hall–Kier alpha value is -0.490. The average molecular weight is 300 g/mol. The lowest BCUT2D eigenvalue weighted by Gasteiger charge is -2.11. The second-order valence-electron chi connectivity index (χ2n) is 2.65. The van der Waals surface area contributed by atoms with Crippen LogP contribution in [0.5, 0.6) is 5.88 Å². The summed E-state index contributed by atoms with van der Waals surface area (Å²) in [6.07, 6.45) is 0. The Morgan fingerprint density at radius 1 is 1.60 bits per heavy atom. The molecule has 8 heteroatoms. The van der Waals surface area contributed by atoms with E-state index in [1.54, 1.807) is 0 Å². The minimum Gasteiger partial charge on any atom is -0.481 e. The van der Waals surface area contributed by atoms with E-state index in [-0.39, 0.29) is 16.0 Å². The molecule has 0 aliphatic heterocycles. The van der Waals surface area contributed by atoms with E-state index in [0.717, 1.165) is 0 Å². The van der Waals surface area contributed by atoms with Crippen LogP contribution in [-0.2, 0) is 4.57 Å². The van der Waals surface area contributed by atoms with Crippen molar-refractivity contribution < 1.29 is 23.5 Å². The molecule has 5 nitrogen and oxygen atoms in total. The highest BCUT2D eigenvalue weighted by Crippen LogP contribution is 2.53. The van der Waals surface area contributed by atoms with Crippen LogP contribution in [0.15, 0.2) is 16.6 Å². The third kappa shape index (κ3) is 2.98. The van der Waals surface area contributed by atoms with Gasteiger partial charge in [0.05, 0.1) is 7.11 Å². The maximum Gasteiger partial charge on any atom is 0.365 e. The molecule has 1 atom stereocenters. The molecule has 0 aromatic carbocycles. The third-order valence-electron chi connectivity index (χ3n) is 1.58. The summed E-state index contributed by atoms with van der Waals surface area (Å²) in [6, 6.07) is 2.85. The molecule has 1 aromatic rings. The van der Waals surface area contributed by atoms with Crippen LogP contribution in [0.3, 0.4) is 0 Å². The highest BCUT2D eigenvalue weighted by atomic mass is 79.9. The van der Waals surface area contributed by atoms with Gasteiger partial charge >= 0.3 is 7.60 Å². The Labute approximate surface area is 93.6 Å². The Balaban J connectivity index is 3.18. The number of aromatic nitrogens is 1. The van der Waals surface area contributed by atoms with Crippen molar-refractivity contribution in [1.82, 2.24) is 4.98 Å². The number of alkyl halides is 1. The highest BCUT2D eigenvalue weighted by molar-refractivity contribution is 9.10. The summed E-state index contributed by atoms with van der Waals surface area (Å²) in [5.41, 5.74) is -0.373. The number of rotatable bonds is 3. The molecule has 1 rings (SSSR count). The zero-order valence-electron chi connectivity index (χ0n) is 7.59. The minimum atomic E-state index is -4.85. The van der Waals surface area contributed by atoms with Gasteiger partial charge in [-0.2, -0.15) is 0 Å². The molecule has 0 saturated heterocycles. The van der Waals surface area contributed by atoms with E-state index in [4.69, 9.17) is 14.5 Å². The van der Waals surface area contributed by atoms with Crippen LogP contribution in [0.25, 0.3) is 0 Å². The van der Waals surface area contributed by atoms with Crippen molar-refractivity contribution in [2.24, 2.45) is 0 Å². The van der Waals surface area contributed by atoms with E-state index in [1.165, 1.54) is 19.2 Å². The molecule has 0 saturated carbocycles. The summed E-state index contributed by atoms with van der Waals surface area (Å²) in [4.78, 5) is 20.9. The van der Waals surface area contributed by atoms with E-state index < -0.39 is 13.5 Å². The highest BCUT2D eigenvalue weighted by Gasteiger charge is 2.33. The molecule has 1 aromatic heterocycles. The second-order valence-corrected chi connectivity index (χ2v) is 5.13. The first-order valence-corrected chi connectivity index (χ1v) is 6.23. The molecule has 1 heterocycles. The van der Waals surface area contributed by atoms with Crippen molar-refractivity contribution in [1.29, 1.82) is 0 Å². The smallest absolute Gasteiger partial charge is 0.365 e. The van der Waals surface area contributed by atoms with Gasteiger partial charge < -0.3 is 14.5 Å². The number of nitrogens with zero attached hydrogens (tertiary/aromatic N) is 1. The number of hydrogen-bond acceptors (Lipinski definition) is 3. The lowest BCUT2D eigenvalue weighted by Crippen LogP contribution is -2.00. The van der Waals surface area contributed by atoms with Crippen LogP contribution in [0.4, 0.5) is 4.39 Å². The fraction of sp³-hybridized carbons (Fsp3) is 0.286. The Kier molecular flexibility index (Phi) is 3.83. The van der Waals surface area contributed by atoms with Gasteiger partial charge in [0.1, 0.15) is 5.69 Å². The summed E-state index contributed by atoms with van der Waals surface area (Å²) in [6.45, 7) is 0. The Morgan fingerprint density at radius 2 is 2.20 bits per heavy atom. The van der Waals surface area contributed by atoms with E-state index >= 15 is 0 Å². The van der Waals surface area contributed by atoms with Crippen LogP contribution < -0.4 is 4.74 Å². The van der Waals surface area contributed by atoms with Crippen molar-refractivity contribution in [2.75, 3.05) is 7.11 Å². The van der Waals surface area contributed by atoms with Gasteiger partial charge in [0.25, 0.3) is 0 Å². The maximum atomic E-state index is 13.3. The zero-order chi connectivity index (χ0) is 11.6. The van der Waals surface area contributed by atoms with Gasteiger partial charge in [0, 0.05) is 10.5 Å². The van der Waals surface area contributed by atoms with Crippen molar-refractivity contribution in [3.63, 3.8) is 0 Å². The van der Waals surface area contributed by atoms with E-state index in [9.17, 15) is 8.96 Å². The summed E-state index contributed by atoms with van der Waals surface area (Å²) in [5.74, 6) is -2.37. The molecule has 84 valence electrons. The molecule has 0 aliphatic rings. The molecule has 1 unspecified atom stereocenters. The first kappa shape index (κ1) is 12.6. The monoisotopic (exact) mass is 299 g/mol. The van der Waals surface area contributed by atoms with Gasteiger partial charge in [-0.05, 0) is 22.0 Å². The standard InChI is InChI=1S/C7H8BrFNO4P/c1-14-5-3-2-4(8)6(10-5)7(9)15(11,12)13/h2-3,7H,1H3,(H2,11,12,13). The average Bonchev–Trinajstić information content (AvgIpc) is 2.16. The number of hydrogen-bond donors (Lipinski definition) is 2. The van der Waals surface area contributed by atoms with Gasteiger partial charge in [-0.15, -0.1) is 0 Å². The SMILES string of the molecule is COc1ccc(Br)c(C(F)P(=O)(O)O)n1. The van der Waals surface area contributed by atoms with Gasteiger partial charge in [-0.25, -0.2) is 9.37 Å². The van der Waals surface area contributed by atoms with Crippen LogP contribution in [0, 0.1) is 0 Å². The second kappa shape index (κ2) is 4.57. The molecular formula is C7H8BrFNO4P. The molecule has 15 heavy (non-hydrogen) atoms. The summed E-state index contributed by atoms with van der Waals surface area (Å²) in [5, 5.41) is 0. The van der Waals surface area contributed by atoms with Gasteiger partial charge in [-0.1, -0.05) is 0 Å². The first-order chi connectivity index (χ1) is 6.86. The zero-order valence-corrected chi connectivity index (χ0v) is 10.1. The van der Waals surface area contributed by atoms with Crippen molar-refractivity contribution in [3.8, 4) is 5.88 Å². The van der Waals surface area contributed by atoms with Crippen molar-refractivity contribution in [3.05, 3.63) is 22.3 Å². The molecule has 0 bridgehead atoms. The molecule has 2 N–H and O–H groups in total. The van der Waals surface area contributed by atoms with Crippen LogP contribution >= 0.6 is 23.5 Å². The summed E-state index contributed by atoms with van der Waals surface area (Å²) in [7, 11) is -3.53. The quantitative estimate of drug-likeness (QED) is 0.835. The number of pyridine rings is 1. The predicted octanol–water partition coefficient (Wildman–Crippen LogP) is 2.00. The van der Waals surface area contributed by atoms with E-state index in [1.807, 2.05) is 0 Å². The van der Waals surface area contributed by atoms with Crippen LogP contribution in [0.2, 0.25) is 0 Å². The van der Waals surface area contributed by atoms with E-state index in [2.05, 4.69) is 20.9 Å². The van der Waals surface area contributed by atoms with Crippen LogP contribution in [-0.4, -0.2) is 21.9 Å². The normalized spacial score (nSPS) is 13.7. The molecule has 0 aliphatic carbocycles. The van der Waals surface area contributed by atoms with E-state index in [0.29, 0.717) is 0 Å². The lowest BCUT2D eigenvalue weighted by atomic mass is 10.4. The third-order valence-corrected chi connectivity index (χ3v) is 3.08. The number of methoxy groups -OCH3 is 1. The van der Waals surface area contributed by atoms with Crippen LogP contribution in [0.1, 0.15) is 11.6 Å². The largest absolute Gasteiger partial charge is 0.481 e. The Bertz CT molecular complexity index is 410. The molecule has 0 radical (unpaired) electrons. The predicted molar refractivity (Wildman–Crippen MR) is 54.4 cm³/mol. The number of ether oxygens (including phenoxy) is 1. The van der Waals surface area contributed by atoms with Crippen molar-refractivity contribution >= 4 is 23.5 Å². The minimum absolute atomic E-state index is 0.0873. The fourth-order valence-corrected chi connectivity index (χ4v) is 1.99. The molecule has 0 amide bonds. The lowest BCUT2D eigenvalue weighted by molar-refractivity contribution is 0.298. The molecule has 0 spiro atoms. The van der Waals surface area contributed by atoms with Gasteiger partial charge in [0.2, 0.25) is 11.8 Å². The molecule has 0 fully saturated rings. The first-order valence-electron chi connectivity index (χ1n) is 3.76. The molecular weight excluding hydrogens is 292 g/mol. The maximum absolute atomic E-state index is 13.3. The fourth-order valence-electron chi connectivity index (χ4n) is 0.879. The van der Waals surface area contributed by atoms with Crippen molar-refractivity contribution in [2.45, 2.75) is 5.91 Å². The van der Waals surface area contributed by atoms with Gasteiger partial charge in [-0.3, -0.25) is 4.57 Å². The topological polar surface area (TPSA) is 79.7 Å². The number of halogens is 2. The van der Waals surface area contributed by atoms with Gasteiger partial charge in [0.15, 0.2) is 0 Å².